The smallest absolute Gasteiger partial charge is 0.120 e. The summed E-state index contributed by atoms with van der Waals surface area (Å²) in [5.41, 5.74) is 0. The molecule has 0 aliphatic carbocycles. The Balaban J connectivity index is 1.68. The van der Waals surface area contributed by atoms with Gasteiger partial charge in [-0.2, -0.15) is 0 Å². The fourth-order valence-electron chi connectivity index (χ4n) is 2.16. The average Bonchev–Trinajstić information content (AvgIpc) is 2.85. The van der Waals surface area contributed by atoms with E-state index in [4.69, 9.17) is 9.15 Å². The number of ether oxygens (including phenoxy) is 1. The lowest BCUT2D eigenvalue weighted by Crippen LogP contribution is -2.46. The first kappa shape index (κ1) is 12.6. The van der Waals surface area contributed by atoms with Crippen LogP contribution in [0.2, 0.25) is 0 Å². The Morgan fingerprint density at radius 3 is 3.18 bits per heavy atom. The highest BCUT2D eigenvalue weighted by molar-refractivity contribution is 5.02. The van der Waals surface area contributed by atoms with Gasteiger partial charge < -0.3 is 14.5 Å². The molecule has 0 aromatic carbocycles. The van der Waals surface area contributed by atoms with Crippen molar-refractivity contribution in [2.75, 3.05) is 32.8 Å². The Bertz CT molecular complexity index is 313. The molecule has 2 heterocycles. The van der Waals surface area contributed by atoms with E-state index < -0.39 is 0 Å². The van der Waals surface area contributed by atoms with E-state index in [2.05, 4.69) is 24.1 Å². The molecule has 4 heteroatoms. The van der Waals surface area contributed by atoms with E-state index in [1.54, 1.807) is 6.26 Å². The first-order valence-corrected chi connectivity index (χ1v) is 6.36. The van der Waals surface area contributed by atoms with Gasteiger partial charge in [0.25, 0.3) is 0 Å². The molecule has 1 saturated heterocycles. The molecule has 0 radical (unpaired) electrons. The van der Waals surface area contributed by atoms with Crippen molar-refractivity contribution in [1.82, 2.24) is 10.2 Å². The van der Waals surface area contributed by atoms with Crippen LogP contribution < -0.4 is 5.32 Å². The van der Waals surface area contributed by atoms with E-state index >= 15 is 0 Å². The molecule has 0 saturated carbocycles. The summed E-state index contributed by atoms with van der Waals surface area (Å²) in [5, 5.41) is 3.48. The Morgan fingerprint density at radius 2 is 2.47 bits per heavy atom. The highest BCUT2D eigenvalue weighted by Crippen LogP contribution is 2.12. The Labute approximate surface area is 103 Å². The van der Waals surface area contributed by atoms with Crippen LogP contribution in [0.4, 0.5) is 0 Å². The minimum atomic E-state index is 0.279. The van der Waals surface area contributed by atoms with Crippen LogP contribution >= 0.6 is 0 Å². The number of nitrogens with zero attached hydrogens (tertiary/aromatic N) is 1. The van der Waals surface area contributed by atoms with Gasteiger partial charge in [0, 0.05) is 25.7 Å². The first-order valence-electron chi connectivity index (χ1n) is 6.36. The van der Waals surface area contributed by atoms with Crippen molar-refractivity contribution in [3.05, 3.63) is 24.2 Å². The second-order valence-corrected chi connectivity index (χ2v) is 4.65. The van der Waals surface area contributed by atoms with E-state index in [-0.39, 0.29) is 6.04 Å². The maximum Gasteiger partial charge on any atom is 0.120 e. The fourth-order valence-corrected chi connectivity index (χ4v) is 2.16. The molecular formula is C13H22N2O2. The molecule has 1 N–H and O–H groups in total. The number of nitrogens with one attached hydrogen (secondary N) is 1. The summed E-state index contributed by atoms with van der Waals surface area (Å²) < 4.78 is 10.8. The van der Waals surface area contributed by atoms with Crippen molar-refractivity contribution in [2.24, 2.45) is 0 Å². The molecule has 1 aromatic rings. The standard InChI is InChI=1S/C13H22N2O2/c1-11-10-16-9-7-15(11)6-5-14-12(2)13-4-3-8-17-13/h3-4,8,11-12,14H,5-7,9-10H2,1-2H3. The van der Waals surface area contributed by atoms with Gasteiger partial charge in [-0.05, 0) is 26.0 Å². The fraction of sp³-hybridized carbons (Fsp3) is 0.692. The second-order valence-electron chi connectivity index (χ2n) is 4.65. The van der Waals surface area contributed by atoms with Gasteiger partial charge in [0.2, 0.25) is 0 Å². The monoisotopic (exact) mass is 238 g/mol. The molecule has 0 spiro atoms. The molecule has 0 amide bonds. The molecule has 0 bridgehead atoms. The molecule has 96 valence electrons. The van der Waals surface area contributed by atoms with Gasteiger partial charge in [0.15, 0.2) is 0 Å². The van der Waals surface area contributed by atoms with Crippen LogP contribution in [0.25, 0.3) is 0 Å². The van der Waals surface area contributed by atoms with Crippen LogP contribution in [-0.2, 0) is 4.74 Å². The molecular weight excluding hydrogens is 216 g/mol. The average molecular weight is 238 g/mol. The molecule has 2 rings (SSSR count). The van der Waals surface area contributed by atoms with Gasteiger partial charge in [-0.25, -0.2) is 0 Å². The van der Waals surface area contributed by atoms with Crippen molar-refractivity contribution < 1.29 is 9.15 Å². The number of furan rings is 1. The van der Waals surface area contributed by atoms with Gasteiger partial charge in [-0.1, -0.05) is 0 Å². The van der Waals surface area contributed by atoms with Crippen LogP contribution in [0.3, 0.4) is 0 Å². The number of hydrogen-bond acceptors (Lipinski definition) is 4. The molecule has 1 aliphatic heterocycles. The zero-order valence-corrected chi connectivity index (χ0v) is 10.7. The predicted molar refractivity (Wildman–Crippen MR) is 67.0 cm³/mol. The number of rotatable bonds is 5. The molecule has 4 nitrogen and oxygen atoms in total. The highest BCUT2D eigenvalue weighted by Gasteiger charge is 2.18. The Hall–Kier alpha value is -0.840. The third-order valence-corrected chi connectivity index (χ3v) is 3.32. The maximum absolute atomic E-state index is 5.42. The molecule has 1 fully saturated rings. The van der Waals surface area contributed by atoms with Gasteiger partial charge in [0.1, 0.15) is 5.76 Å². The molecule has 17 heavy (non-hydrogen) atoms. The number of hydrogen-bond donors (Lipinski definition) is 1. The topological polar surface area (TPSA) is 37.6 Å². The summed E-state index contributed by atoms with van der Waals surface area (Å²) >= 11 is 0. The van der Waals surface area contributed by atoms with E-state index in [0.29, 0.717) is 6.04 Å². The first-order chi connectivity index (χ1) is 8.27. The van der Waals surface area contributed by atoms with Gasteiger partial charge in [-0.3, -0.25) is 4.90 Å². The number of morpholine rings is 1. The highest BCUT2D eigenvalue weighted by atomic mass is 16.5. The normalized spacial score (nSPS) is 23.8. The third kappa shape index (κ3) is 3.56. The summed E-state index contributed by atoms with van der Waals surface area (Å²) in [6.07, 6.45) is 1.72. The van der Waals surface area contributed by atoms with Crippen LogP contribution in [0.15, 0.2) is 22.8 Å². The summed E-state index contributed by atoms with van der Waals surface area (Å²) in [6.45, 7) is 9.14. The van der Waals surface area contributed by atoms with Crippen LogP contribution in [-0.4, -0.2) is 43.8 Å². The maximum atomic E-state index is 5.42. The third-order valence-electron chi connectivity index (χ3n) is 3.32. The van der Waals surface area contributed by atoms with Crippen molar-refractivity contribution in [3.8, 4) is 0 Å². The van der Waals surface area contributed by atoms with Crippen molar-refractivity contribution in [1.29, 1.82) is 0 Å². The summed E-state index contributed by atoms with van der Waals surface area (Å²) in [6, 6.07) is 4.75. The predicted octanol–water partition coefficient (Wildman–Crippen LogP) is 1.65. The minimum absolute atomic E-state index is 0.279. The van der Waals surface area contributed by atoms with E-state index in [0.717, 1.165) is 38.6 Å². The van der Waals surface area contributed by atoms with Crippen LogP contribution in [0.5, 0.6) is 0 Å². The molecule has 1 aromatic heterocycles. The molecule has 1 aliphatic rings. The Morgan fingerprint density at radius 1 is 1.59 bits per heavy atom. The molecule has 2 atom stereocenters. The van der Waals surface area contributed by atoms with E-state index in [9.17, 15) is 0 Å². The molecule has 2 unspecified atom stereocenters. The van der Waals surface area contributed by atoms with Crippen molar-refractivity contribution >= 4 is 0 Å². The van der Waals surface area contributed by atoms with Gasteiger partial charge in [-0.15, -0.1) is 0 Å². The second kappa shape index (κ2) is 6.19. The lowest BCUT2D eigenvalue weighted by Gasteiger charge is -2.33. The van der Waals surface area contributed by atoms with Gasteiger partial charge >= 0.3 is 0 Å². The summed E-state index contributed by atoms with van der Waals surface area (Å²) in [4.78, 5) is 2.46. The van der Waals surface area contributed by atoms with E-state index in [1.165, 1.54) is 0 Å². The summed E-state index contributed by atoms with van der Waals surface area (Å²) in [7, 11) is 0. The zero-order valence-electron chi connectivity index (χ0n) is 10.7. The van der Waals surface area contributed by atoms with Gasteiger partial charge in [0.05, 0.1) is 25.5 Å². The minimum Gasteiger partial charge on any atom is -0.468 e. The quantitative estimate of drug-likeness (QED) is 0.846. The van der Waals surface area contributed by atoms with Crippen molar-refractivity contribution in [2.45, 2.75) is 25.9 Å². The zero-order chi connectivity index (χ0) is 12.1. The van der Waals surface area contributed by atoms with E-state index in [1.807, 2.05) is 12.1 Å². The Kier molecular flexibility index (Phi) is 4.59. The van der Waals surface area contributed by atoms with Crippen molar-refractivity contribution in [3.63, 3.8) is 0 Å². The lowest BCUT2D eigenvalue weighted by molar-refractivity contribution is 0.000149. The SMILES string of the molecule is CC(NCCN1CCOCC1C)c1ccco1. The van der Waals surface area contributed by atoms with Crippen LogP contribution in [0, 0.1) is 0 Å². The summed E-state index contributed by atoms with van der Waals surface area (Å²) in [5.74, 6) is 1.00. The lowest BCUT2D eigenvalue weighted by atomic mass is 10.2. The van der Waals surface area contributed by atoms with Crippen LogP contribution in [0.1, 0.15) is 25.6 Å². The largest absolute Gasteiger partial charge is 0.468 e.